The number of rotatable bonds is 8. The molecule has 0 aromatic heterocycles. The first-order valence-corrected chi connectivity index (χ1v) is 12.5. The van der Waals surface area contributed by atoms with Gasteiger partial charge in [0.25, 0.3) is 9.04 Å². The molecule has 1 radical (unpaired) electrons. The van der Waals surface area contributed by atoms with Crippen LogP contribution in [0.4, 0.5) is 8.78 Å². The Morgan fingerprint density at radius 1 is 0.750 bits per heavy atom. The van der Waals surface area contributed by atoms with Gasteiger partial charge >= 0.3 is 0 Å². The minimum atomic E-state index is -1.29. The fraction of sp³-hybridized carbons (Fsp3) is 0.417. The average molecular weight is 466 g/mol. The van der Waals surface area contributed by atoms with Crippen LogP contribution in [0.15, 0.2) is 24.3 Å². The van der Waals surface area contributed by atoms with Crippen LogP contribution in [0.1, 0.15) is 37.5 Å². The standard InChI is InChI=1S/C24H31F2O5Si/c1-24(2,3)19-16(27-4)11-10-15(22(19)31-32(8)9)21(26)20(25)14-12-17(28-5)23(30-7)18(13-14)29-6/h10-13H,1-9H3/b21-20-. The molecule has 0 amide bonds. The predicted octanol–water partition coefficient (Wildman–Crippen LogP) is 6.41. The van der Waals surface area contributed by atoms with Crippen LogP contribution in [-0.2, 0) is 5.41 Å². The largest absolute Gasteiger partial charge is 0.542 e. The van der Waals surface area contributed by atoms with E-state index in [1.54, 1.807) is 13.2 Å². The Hall–Kier alpha value is -2.74. The molecule has 2 aromatic rings. The summed E-state index contributed by atoms with van der Waals surface area (Å²) in [5.41, 5.74) is 0.219. The van der Waals surface area contributed by atoms with Crippen LogP contribution in [0.25, 0.3) is 11.7 Å². The third-order valence-electron chi connectivity index (χ3n) is 4.74. The van der Waals surface area contributed by atoms with E-state index in [1.807, 2.05) is 33.9 Å². The number of halogens is 2. The molecule has 0 atom stereocenters. The number of methoxy groups -OCH3 is 4. The van der Waals surface area contributed by atoms with Crippen molar-refractivity contribution >= 4 is 20.7 Å². The zero-order valence-corrected chi connectivity index (χ0v) is 21.1. The number of ether oxygens (including phenoxy) is 4. The summed E-state index contributed by atoms with van der Waals surface area (Å²) in [7, 11) is 4.52. The van der Waals surface area contributed by atoms with Crippen LogP contribution in [0.3, 0.4) is 0 Å². The summed E-state index contributed by atoms with van der Waals surface area (Å²) >= 11 is 0. The summed E-state index contributed by atoms with van der Waals surface area (Å²) in [5, 5.41) is 0. The van der Waals surface area contributed by atoms with Crippen molar-refractivity contribution in [2.45, 2.75) is 39.3 Å². The van der Waals surface area contributed by atoms with E-state index < -0.39 is 26.1 Å². The molecule has 32 heavy (non-hydrogen) atoms. The summed E-state index contributed by atoms with van der Waals surface area (Å²) in [4.78, 5) is 0. The van der Waals surface area contributed by atoms with Gasteiger partial charge in [-0.1, -0.05) is 20.8 Å². The van der Waals surface area contributed by atoms with Crippen molar-refractivity contribution in [2.24, 2.45) is 0 Å². The smallest absolute Gasteiger partial charge is 0.274 e. The highest BCUT2D eigenvalue weighted by Gasteiger charge is 2.29. The van der Waals surface area contributed by atoms with Gasteiger partial charge < -0.3 is 23.4 Å². The molecule has 0 saturated heterocycles. The highest BCUT2D eigenvalue weighted by molar-refractivity contribution is 6.49. The second-order valence-corrected chi connectivity index (χ2v) is 10.3. The molecular weight excluding hydrogens is 434 g/mol. The molecule has 5 nitrogen and oxygen atoms in total. The summed E-state index contributed by atoms with van der Waals surface area (Å²) in [6.07, 6.45) is 0. The second kappa shape index (κ2) is 10.2. The fourth-order valence-electron chi connectivity index (χ4n) is 3.38. The lowest BCUT2D eigenvalue weighted by Gasteiger charge is -2.28. The Morgan fingerprint density at radius 2 is 1.28 bits per heavy atom. The zero-order valence-electron chi connectivity index (χ0n) is 20.1. The average Bonchev–Trinajstić information content (AvgIpc) is 2.75. The monoisotopic (exact) mass is 465 g/mol. The van der Waals surface area contributed by atoms with Crippen LogP contribution in [-0.4, -0.2) is 37.5 Å². The second-order valence-electron chi connectivity index (χ2n) is 8.32. The van der Waals surface area contributed by atoms with Crippen molar-refractivity contribution in [1.29, 1.82) is 0 Å². The summed E-state index contributed by atoms with van der Waals surface area (Å²) < 4.78 is 58.6. The predicted molar refractivity (Wildman–Crippen MR) is 125 cm³/mol. The van der Waals surface area contributed by atoms with Gasteiger partial charge in [0.15, 0.2) is 23.2 Å². The highest BCUT2D eigenvalue weighted by atomic mass is 28.3. The third kappa shape index (κ3) is 5.18. The van der Waals surface area contributed by atoms with E-state index >= 15 is 8.78 Å². The molecule has 2 rings (SSSR count). The van der Waals surface area contributed by atoms with E-state index in [0.717, 1.165) is 0 Å². The van der Waals surface area contributed by atoms with Gasteiger partial charge in [-0.2, -0.15) is 0 Å². The highest BCUT2D eigenvalue weighted by Crippen LogP contribution is 2.47. The van der Waals surface area contributed by atoms with E-state index in [-0.39, 0.29) is 28.4 Å². The molecule has 0 saturated carbocycles. The van der Waals surface area contributed by atoms with Crippen molar-refractivity contribution in [3.63, 3.8) is 0 Å². The van der Waals surface area contributed by atoms with Crippen molar-refractivity contribution in [1.82, 2.24) is 0 Å². The van der Waals surface area contributed by atoms with Crippen LogP contribution in [0.2, 0.25) is 13.1 Å². The first-order valence-electron chi connectivity index (χ1n) is 10.1. The topological polar surface area (TPSA) is 46.2 Å². The number of hydrogen-bond donors (Lipinski definition) is 0. The molecule has 2 aromatic carbocycles. The maximum Gasteiger partial charge on any atom is 0.274 e. The normalized spacial score (nSPS) is 12.4. The van der Waals surface area contributed by atoms with Gasteiger partial charge in [0, 0.05) is 11.1 Å². The van der Waals surface area contributed by atoms with Crippen molar-refractivity contribution in [3.8, 4) is 28.7 Å². The quantitative estimate of drug-likeness (QED) is 0.333. The van der Waals surface area contributed by atoms with E-state index in [1.165, 1.54) is 39.5 Å². The Labute approximate surface area is 190 Å². The first kappa shape index (κ1) is 25.5. The lowest BCUT2D eigenvalue weighted by molar-refractivity contribution is 0.324. The van der Waals surface area contributed by atoms with Crippen LogP contribution < -0.4 is 23.4 Å². The maximum atomic E-state index is 15.7. The van der Waals surface area contributed by atoms with Crippen LogP contribution >= 0.6 is 0 Å². The SMILES string of the molecule is COc1cc(/C(F)=C(/F)c2ccc(OC)c(C(C)(C)C)c2O[Si](C)C)cc(OC)c1OC. The minimum Gasteiger partial charge on any atom is -0.542 e. The Kier molecular flexibility index (Phi) is 8.17. The third-order valence-corrected chi connectivity index (χ3v) is 5.36. The van der Waals surface area contributed by atoms with Gasteiger partial charge in [-0.25, -0.2) is 8.78 Å². The van der Waals surface area contributed by atoms with Gasteiger partial charge in [-0.15, -0.1) is 0 Å². The molecule has 0 unspecified atom stereocenters. The Balaban J connectivity index is 2.82. The molecule has 0 heterocycles. The molecule has 0 aliphatic carbocycles. The van der Waals surface area contributed by atoms with E-state index in [4.69, 9.17) is 23.4 Å². The maximum absolute atomic E-state index is 15.7. The van der Waals surface area contributed by atoms with Gasteiger partial charge in [0.1, 0.15) is 11.5 Å². The van der Waals surface area contributed by atoms with Gasteiger partial charge in [-0.3, -0.25) is 0 Å². The number of benzene rings is 2. The molecule has 8 heteroatoms. The van der Waals surface area contributed by atoms with Gasteiger partial charge in [-0.05, 0) is 42.8 Å². The van der Waals surface area contributed by atoms with E-state index in [2.05, 4.69) is 0 Å². The van der Waals surface area contributed by atoms with E-state index in [0.29, 0.717) is 17.1 Å². The van der Waals surface area contributed by atoms with Crippen LogP contribution in [0, 0.1) is 0 Å². The van der Waals surface area contributed by atoms with Gasteiger partial charge in [0.05, 0.1) is 34.0 Å². The summed E-state index contributed by atoms with van der Waals surface area (Å²) in [6.45, 7) is 9.76. The first-order chi connectivity index (χ1) is 15.0. The fourth-order valence-corrected chi connectivity index (χ4v) is 4.00. The van der Waals surface area contributed by atoms with Gasteiger partial charge in [0.2, 0.25) is 5.75 Å². The molecule has 0 N–H and O–H groups in total. The molecule has 0 spiro atoms. The molecule has 0 fully saturated rings. The van der Waals surface area contributed by atoms with Crippen molar-refractivity contribution in [3.05, 3.63) is 41.0 Å². The molecule has 0 aliphatic rings. The van der Waals surface area contributed by atoms with Crippen LogP contribution in [0.5, 0.6) is 28.7 Å². The Bertz CT molecular complexity index is 972. The van der Waals surface area contributed by atoms with E-state index in [9.17, 15) is 0 Å². The van der Waals surface area contributed by atoms with Crippen molar-refractivity contribution in [2.75, 3.05) is 28.4 Å². The Morgan fingerprint density at radius 3 is 1.69 bits per heavy atom. The molecule has 0 aliphatic heterocycles. The van der Waals surface area contributed by atoms with Crippen molar-refractivity contribution < 1.29 is 32.2 Å². The zero-order chi connectivity index (χ0) is 24.2. The molecule has 0 bridgehead atoms. The lowest BCUT2D eigenvalue weighted by atomic mass is 9.84. The number of hydrogen-bond acceptors (Lipinski definition) is 5. The summed E-state index contributed by atoms with van der Waals surface area (Å²) in [5.74, 6) is -0.542. The summed E-state index contributed by atoms with van der Waals surface area (Å²) in [6, 6.07) is 5.82. The lowest BCUT2D eigenvalue weighted by Crippen LogP contribution is -2.20. The molecular formula is C24H31F2O5Si. The minimum absolute atomic E-state index is 0.0215. The molecule has 175 valence electrons.